The smallest absolute Gasteiger partial charge is 0.315 e. The molecule has 0 aromatic carbocycles. The molecule has 2 unspecified atom stereocenters. The van der Waals surface area contributed by atoms with Crippen molar-refractivity contribution < 1.29 is 14.7 Å². The Labute approximate surface area is 126 Å². The third kappa shape index (κ3) is 4.11. The van der Waals surface area contributed by atoms with E-state index in [4.69, 9.17) is 16.7 Å². The van der Waals surface area contributed by atoms with Crippen LogP contribution in [0.15, 0.2) is 12.1 Å². The molecule has 0 saturated heterocycles. The molecular formula is C13H17ClN2O3S. The number of carboxylic acid groups (broad SMARTS) is 1. The number of nitrogens with one attached hydrogen (secondary N) is 2. The van der Waals surface area contributed by atoms with Gasteiger partial charge >= 0.3 is 12.0 Å². The minimum absolute atomic E-state index is 0.260. The zero-order chi connectivity index (χ0) is 14.5. The lowest BCUT2D eigenvalue weighted by Crippen LogP contribution is -2.45. The summed E-state index contributed by atoms with van der Waals surface area (Å²) in [6.45, 7) is 0.507. The molecule has 2 atom stereocenters. The predicted octanol–water partition coefficient (Wildman–Crippen LogP) is 2.50. The van der Waals surface area contributed by atoms with Gasteiger partial charge in [-0.05, 0) is 31.4 Å². The maximum atomic E-state index is 11.7. The van der Waals surface area contributed by atoms with Crippen LogP contribution >= 0.6 is 22.9 Å². The van der Waals surface area contributed by atoms with Gasteiger partial charge in [0.2, 0.25) is 0 Å². The van der Waals surface area contributed by atoms with Gasteiger partial charge in [0.15, 0.2) is 0 Å². The van der Waals surface area contributed by atoms with Gasteiger partial charge in [0, 0.05) is 17.5 Å². The first-order chi connectivity index (χ1) is 9.56. The number of amides is 2. The van der Waals surface area contributed by atoms with E-state index in [9.17, 15) is 9.59 Å². The lowest BCUT2D eigenvalue weighted by atomic mass is 10.0. The van der Waals surface area contributed by atoms with E-state index in [1.165, 1.54) is 11.3 Å². The molecule has 20 heavy (non-hydrogen) atoms. The Morgan fingerprint density at radius 2 is 2.20 bits per heavy atom. The average molecular weight is 317 g/mol. The predicted molar refractivity (Wildman–Crippen MR) is 78.3 cm³/mol. The average Bonchev–Trinajstić information content (AvgIpc) is 2.98. The molecule has 0 radical (unpaired) electrons. The molecule has 2 amide bonds. The van der Waals surface area contributed by atoms with Crippen molar-refractivity contribution in [3.63, 3.8) is 0 Å². The Morgan fingerprint density at radius 3 is 2.85 bits per heavy atom. The maximum absolute atomic E-state index is 11.7. The SMILES string of the molecule is O=C(NCCc1ccc(Cl)s1)NC1CCCC1C(=O)O. The fraction of sp³-hybridized carbons (Fsp3) is 0.538. The minimum Gasteiger partial charge on any atom is -0.481 e. The Kier molecular flexibility index (Phi) is 5.25. The van der Waals surface area contributed by atoms with E-state index in [1.54, 1.807) is 0 Å². The summed E-state index contributed by atoms with van der Waals surface area (Å²) in [6.07, 6.45) is 2.92. The van der Waals surface area contributed by atoms with Crippen LogP contribution in [0.1, 0.15) is 24.1 Å². The monoisotopic (exact) mass is 316 g/mol. The summed E-state index contributed by atoms with van der Waals surface area (Å²) in [6, 6.07) is 3.20. The highest BCUT2D eigenvalue weighted by atomic mass is 35.5. The fourth-order valence-electron chi connectivity index (χ4n) is 2.43. The molecule has 3 N–H and O–H groups in total. The first-order valence-corrected chi connectivity index (χ1v) is 7.77. The second kappa shape index (κ2) is 6.95. The minimum atomic E-state index is -0.832. The Morgan fingerprint density at radius 1 is 1.40 bits per heavy atom. The Balaban J connectivity index is 1.71. The van der Waals surface area contributed by atoms with Crippen molar-refractivity contribution >= 4 is 34.9 Å². The summed E-state index contributed by atoms with van der Waals surface area (Å²) in [4.78, 5) is 23.8. The van der Waals surface area contributed by atoms with E-state index in [0.717, 1.165) is 28.5 Å². The van der Waals surface area contributed by atoms with Crippen LogP contribution in [0.5, 0.6) is 0 Å². The van der Waals surface area contributed by atoms with E-state index in [1.807, 2.05) is 12.1 Å². The number of hydrogen-bond donors (Lipinski definition) is 3. The molecule has 1 aliphatic rings. The van der Waals surface area contributed by atoms with Crippen LogP contribution in [-0.2, 0) is 11.2 Å². The summed E-state index contributed by atoms with van der Waals surface area (Å²) < 4.78 is 0.736. The molecule has 1 fully saturated rings. The van der Waals surface area contributed by atoms with Crippen molar-refractivity contribution in [1.29, 1.82) is 0 Å². The number of carbonyl (C=O) groups is 2. The van der Waals surface area contributed by atoms with Crippen molar-refractivity contribution in [3.05, 3.63) is 21.3 Å². The van der Waals surface area contributed by atoms with E-state index in [-0.39, 0.29) is 12.1 Å². The van der Waals surface area contributed by atoms with Crippen LogP contribution in [0.4, 0.5) is 4.79 Å². The lowest BCUT2D eigenvalue weighted by molar-refractivity contribution is -0.142. The number of rotatable bonds is 5. The van der Waals surface area contributed by atoms with Crippen LogP contribution < -0.4 is 10.6 Å². The number of hydrogen-bond acceptors (Lipinski definition) is 3. The van der Waals surface area contributed by atoms with Gasteiger partial charge in [-0.2, -0.15) is 0 Å². The highest BCUT2D eigenvalue weighted by molar-refractivity contribution is 7.16. The molecule has 1 aromatic rings. The van der Waals surface area contributed by atoms with Gasteiger partial charge in [-0.15, -0.1) is 11.3 Å². The largest absolute Gasteiger partial charge is 0.481 e. The van der Waals surface area contributed by atoms with Crippen molar-refractivity contribution in [2.75, 3.05) is 6.54 Å². The molecule has 0 aliphatic heterocycles. The second-order valence-corrected chi connectivity index (χ2v) is 6.64. The van der Waals surface area contributed by atoms with Crippen molar-refractivity contribution in [1.82, 2.24) is 10.6 Å². The molecule has 0 spiro atoms. The van der Waals surface area contributed by atoms with E-state index >= 15 is 0 Å². The third-order valence-corrected chi connectivity index (χ3v) is 4.73. The molecule has 1 heterocycles. The van der Waals surface area contributed by atoms with Crippen LogP contribution in [0.2, 0.25) is 4.34 Å². The normalized spacial score (nSPS) is 21.6. The molecule has 2 rings (SSSR count). The molecule has 1 aliphatic carbocycles. The topological polar surface area (TPSA) is 78.4 Å². The number of carboxylic acids is 1. The van der Waals surface area contributed by atoms with Crippen LogP contribution in [0, 0.1) is 5.92 Å². The molecule has 110 valence electrons. The third-order valence-electron chi connectivity index (χ3n) is 3.44. The first kappa shape index (κ1) is 15.1. The van der Waals surface area contributed by atoms with Crippen molar-refractivity contribution in [2.45, 2.75) is 31.7 Å². The van der Waals surface area contributed by atoms with Crippen molar-refractivity contribution in [3.8, 4) is 0 Å². The summed E-state index contributed by atoms with van der Waals surface area (Å²) >= 11 is 7.32. The number of carbonyl (C=O) groups excluding carboxylic acids is 1. The van der Waals surface area contributed by atoms with Gasteiger partial charge in [-0.25, -0.2) is 4.79 Å². The van der Waals surface area contributed by atoms with Gasteiger partial charge in [0.05, 0.1) is 10.3 Å². The number of aliphatic carboxylic acids is 1. The van der Waals surface area contributed by atoms with Crippen LogP contribution in [-0.4, -0.2) is 29.7 Å². The molecule has 1 saturated carbocycles. The number of thiophene rings is 1. The highest BCUT2D eigenvalue weighted by Crippen LogP contribution is 2.25. The summed E-state index contributed by atoms with van der Waals surface area (Å²) in [7, 11) is 0. The molecule has 0 bridgehead atoms. The number of halogens is 1. The maximum Gasteiger partial charge on any atom is 0.315 e. The van der Waals surface area contributed by atoms with Crippen LogP contribution in [0.25, 0.3) is 0 Å². The van der Waals surface area contributed by atoms with Gasteiger partial charge in [-0.3, -0.25) is 4.79 Å². The molecule has 5 nitrogen and oxygen atoms in total. The van der Waals surface area contributed by atoms with Crippen LogP contribution in [0.3, 0.4) is 0 Å². The molecular weight excluding hydrogens is 300 g/mol. The Hall–Kier alpha value is -1.27. The standard InChI is InChI=1S/C13H17ClN2O3S/c14-11-5-4-8(20-11)6-7-15-13(19)16-10-3-1-2-9(10)12(17)18/h4-5,9-10H,1-3,6-7H2,(H,17,18)(H2,15,16,19). The fourth-order valence-corrected chi connectivity index (χ4v) is 3.52. The number of urea groups is 1. The van der Waals surface area contributed by atoms with E-state index in [2.05, 4.69) is 10.6 Å². The summed E-state index contributed by atoms with van der Waals surface area (Å²) in [5.41, 5.74) is 0. The quantitative estimate of drug-likeness (QED) is 0.781. The first-order valence-electron chi connectivity index (χ1n) is 6.57. The van der Waals surface area contributed by atoms with Crippen molar-refractivity contribution in [2.24, 2.45) is 5.92 Å². The van der Waals surface area contributed by atoms with Gasteiger partial charge in [0.1, 0.15) is 0 Å². The Bertz CT molecular complexity index is 492. The van der Waals surface area contributed by atoms with Gasteiger partial charge < -0.3 is 15.7 Å². The van der Waals surface area contributed by atoms with Gasteiger partial charge in [-0.1, -0.05) is 18.0 Å². The van der Waals surface area contributed by atoms with E-state index < -0.39 is 11.9 Å². The lowest BCUT2D eigenvalue weighted by Gasteiger charge is -2.17. The summed E-state index contributed by atoms with van der Waals surface area (Å²) in [5, 5.41) is 14.5. The zero-order valence-corrected chi connectivity index (χ0v) is 12.5. The zero-order valence-electron chi connectivity index (χ0n) is 10.9. The molecule has 1 aromatic heterocycles. The molecule has 7 heteroatoms. The summed E-state index contributed by atoms with van der Waals surface area (Å²) in [5.74, 6) is -1.29. The van der Waals surface area contributed by atoms with E-state index in [0.29, 0.717) is 13.0 Å². The highest BCUT2D eigenvalue weighted by Gasteiger charge is 2.33. The second-order valence-electron chi connectivity index (χ2n) is 4.84. The van der Waals surface area contributed by atoms with Gasteiger partial charge in [0.25, 0.3) is 0 Å².